The van der Waals surface area contributed by atoms with Gasteiger partial charge in [-0.1, -0.05) is 6.08 Å². The van der Waals surface area contributed by atoms with Crippen molar-refractivity contribution >= 4 is 0 Å². The third-order valence-electron chi connectivity index (χ3n) is 2.32. The molecule has 0 amide bonds. The predicted octanol–water partition coefficient (Wildman–Crippen LogP) is 0.319. The molecule has 1 aliphatic heterocycles. The number of nitrogens with one attached hydrogen (secondary N) is 1. The summed E-state index contributed by atoms with van der Waals surface area (Å²) in [6.45, 7) is 3.54. The lowest BCUT2D eigenvalue weighted by Crippen LogP contribution is -2.33. The molecule has 15 heavy (non-hydrogen) atoms. The summed E-state index contributed by atoms with van der Waals surface area (Å²) >= 11 is 0. The van der Waals surface area contributed by atoms with Crippen molar-refractivity contribution in [2.75, 3.05) is 0 Å². The molecule has 5 nitrogen and oxygen atoms in total. The zero-order valence-corrected chi connectivity index (χ0v) is 8.56. The van der Waals surface area contributed by atoms with Gasteiger partial charge >= 0.3 is 5.69 Å². The van der Waals surface area contributed by atoms with E-state index in [1.165, 1.54) is 10.8 Å². The molecule has 0 saturated heterocycles. The Bertz CT molecular complexity index is 512. The normalized spacial score (nSPS) is 24.7. The number of aryl methyl sites for hydroxylation is 1. The monoisotopic (exact) mass is 208 g/mol. The van der Waals surface area contributed by atoms with Gasteiger partial charge in [0.1, 0.15) is 0 Å². The fourth-order valence-electron chi connectivity index (χ4n) is 1.50. The van der Waals surface area contributed by atoms with Gasteiger partial charge in [0.2, 0.25) is 0 Å². The molecule has 1 N–H and O–H groups in total. The second-order valence-corrected chi connectivity index (χ2v) is 3.60. The van der Waals surface area contributed by atoms with E-state index in [0.717, 1.165) is 0 Å². The van der Waals surface area contributed by atoms with Crippen LogP contribution in [0.1, 0.15) is 18.7 Å². The number of aromatic nitrogens is 2. The molecular formula is C10H12N2O3. The third kappa shape index (κ3) is 1.78. The Morgan fingerprint density at radius 3 is 2.73 bits per heavy atom. The number of hydrogen-bond donors (Lipinski definition) is 1. The Kier molecular flexibility index (Phi) is 2.32. The molecule has 2 rings (SSSR count). The smallest absolute Gasteiger partial charge is 0.330 e. The van der Waals surface area contributed by atoms with Gasteiger partial charge in [-0.15, -0.1) is 0 Å². The molecular weight excluding hydrogens is 196 g/mol. The maximum Gasteiger partial charge on any atom is 0.330 e. The lowest BCUT2D eigenvalue weighted by Gasteiger charge is -2.13. The first-order valence-corrected chi connectivity index (χ1v) is 4.74. The lowest BCUT2D eigenvalue weighted by molar-refractivity contribution is 0.0243. The standard InChI is InChI=1S/C10H12N2O3/c1-6-5-12(10(14)11-9(6)13)8-4-3-7(2)15-8/h3-5,7-8H,1-2H3,(H,11,13,14)/t7?,8-/m1/s1. The highest BCUT2D eigenvalue weighted by atomic mass is 16.5. The molecule has 0 radical (unpaired) electrons. The Balaban J connectivity index is 2.46. The van der Waals surface area contributed by atoms with Crippen LogP contribution in [0, 0.1) is 6.92 Å². The van der Waals surface area contributed by atoms with E-state index in [4.69, 9.17) is 4.74 Å². The Labute approximate surface area is 86.0 Å². The van der Waals surface area contributed by atoms with E-state index < -0.39 is 11.9 Å². The number of nitrogens with zero attached hydrogens (tertiary/aromatic N) is 1. The molecule has 0 aromatic carbocycles. The summed E-state index contributed by atoms with van der Waals surface area (Å²) in [5.41, 5.74) is -0.313. The minimum absolute atomic E-state index is 0.00543. The number of rotatable bonds is 1. The number of hydrogen-bond acceptors (Lipinski definition) is 3. The van der Waals surface area contributed by atoms with Crippen LogP contribution in [-0.2, 0) is 4.74 Å². The van der Waals surface area contributed by atoms with E-state index in [1.54, 1.807) is 13.0 Å². The van der Waals surface area contributed by atoms with Gasteiger partial charge in [0, 0.05) is 11.8 Å². The number of ether oxygens (including phenoxy) is 1. The van der Waals surface area contributed by atoms with Gasteiger partial charge in [-0.05, 0) is 19.9 Å². The van der Waals surface area contributed by atoms with Crippen molar-refractivity contribution < 1.29 is 4.74 Å². The molecule has 5 heteroatoms. The van der Waals surface area contributed by atoms with Crippen molar-refractivity contribution in [1.29, 1.82) is 0 Å². The summed E-state index contributed by atoms with van der Waals surface area (Å²) in [6, 6.07) is 0. The molecule has 1 aromatic rings. The van der Waals surface area contributed by atoms with Crippen LogP contribution in [0.4, 0.5) is 0 Å². The van der Waals surface area contributed by atoms with Crippen molar-refractivity contribution in [1.82, 2.24) is 9.55 Å². The minimum Gasteiger partial charge on any atom is -0.347 e. The Hall–Kier alpha value is -1.62. The molecule has 1 unspecified atom stereocenters. The summed E-state index contributed by atoms with van der Waals surface area (Å²) in [5.74, 6) is 0. The summed E-state index contributed by atoms with van der Waals surface area (Å²) in [6.07, 6.45) is 4.76. The highest BCUT2D eigenvalue weighted by Gasteiger charge is 2.18. The van der Waals surface area contributed by atoms with Crippen LogP contribution in [-0.4, -0.2) is 15.7 Å². The lowest BCUT2D eigenvalue weighted by atomic mass is 10.3. The van der Waals surface area contributed by atoms with Crippen LogP contribution in [0.15, 0.2) is 27.9 Å². The highest BCUT2D eigenvalue weighted by Crippen LogP contribution is 2.18. The van der Waals surface area contributed by atoms with Crippen molar-refractivity contribution in [3.63, 3.8) is 0 Å². The van der Waals surface area contributed by atoms with Crippen LogP contribution >= 0.6 is 0 Å². The fourth-order valence-corrected chi connectivity index (χ4v) is 1.50. The van der Waals surface area contributed by atoms with Crippen LogP contribution in [0.25, 0.3) is 0 Å². The van der Waals surface area contributed by atoms with E-state index >= 15 is 0 Å². The van der Waals surface area contributed by atoms with Gasteiger partial charge in [-0.3, -0.25) is 14.3 Å². The summed E-state index contributed by atoms with van der Waals surface area (Å²) < 4.78 is 6.82. The van der Waals surface area contributed by atoms with Crippen molar-refractivity contribution in [3.8, 4) is 0 Å². The second-order valence-electron chi connectivity index (χ2n) is 3.60. The Morgan fingerprint density at radius 2 is 2.13 bits per heavy atom. The summed E-state index contributed by atoms with van der Waals surface area (Å²) in [7, 11) is 0. The van der Waals surface area contributed by atoms with Crippen molar-refractivity contribution in [2.45, 2.75) is 26.2 Å². The molecule has 80 valence electrons. The molecule has 2 atom stereocenters. The van der Waals surface area contributed by atoms with Crippen LogP contribution < -0.4 is 11.2 Å². The van der Waals surface area contributed by atoms with E-state index in [0.29, 0.717) is 5.56 Å². The molecule has 0 aliphatic carbocycles. The number of aromatic amines is 1. The van der Waals surface area contributed by atoms with Crippen molar-refractivity contribution in [3.05, 3.63) is 44.8 Å². The van der Waals surface area contributed by atoms with Gasteiger partial charge in [0.25, 0.3) is 5.56 Å². The molecule has 0 fully saturated rings. The zero-order valence-electron chi connectivity index (χ0n) is 8.56. The maximum absolute atomic E-state index is 11.5. The van der Waals surface area contributed by atoms with Gasteiger partial charge in [0.05, 0.1) is 6.10 Å². The highest BCUT2D eigenvalue weighted by molar-refractivity contribution is 5.05. The van der Waals surface area contributed by atoms with Crippen molar-refractivity contribution in [2.24, 2.45) is 0 Å². The van der Waals surface area contributed by atoms with Crippen LogP contribution in [0.3, 0.4) is 0 Å². The maximum atomic E-state index is 11.5. The summed E-state index contributed by atoms with van der Waals surface area (Å²) in [4.78, 5) is 24.9. The summed E-state index contributed by atoms with van der Waals surface area (Å²) in [5, 5.41) is 0. The predicted molar refractivity (Wildman–Crippen MR) is 54.8 cm³/mol. The van der Waals surface area contributed by atoms with E-state index in [-0.39, 0.29) is 11.7 Å². The zero-order chi connectivity index (χ0) is 11.0. The van der Waals surface area contributed by atoms with Gasteiger partial charge in [-0.2, -0.15) is 0 Å². The van der Waals surface area contributed by atoms with Gasteiger partial charge < -0.3 is 4.74 Å². The largest absolute Gasteiger partial charge is 0.347 e. The minimum atomic E-state index is -0.450. The molecule has 1 aromatic heterocycles. The fraction of sp³-hybridized carbons (Fsp3) is 0.400. The van der Waals surface area contributed by atoms with E-state index in [1.807, 2.05) is 13.0 Å². The van der Waals surface area contributed by atoms with E-state index in [2.05, 4.69) is 4.98 Å². The first-order chi connectivity index (χ1) is 7.08. The van der Waals surface area contributed by atoms with Gasteiger partial charge in [0.15, 0.2) is 6.23 Å². The molecule has 0 bridgehead atoms. The first-order valence-electron chi connectivity index (χ1n) is 4.74. The van der Waals surface area contributed by atoms with E-state index in [9.17, 15) is 9.59 Å². The first kappa shape index (κ1) is 9.92. The average molecular weight is 208 g/mol. The second kappa shape index (κ2) is 3.51. The average Bonchev–Trinajstić information content (AvgIpc) is 2.58. The quantitative estimate of drug-likeness (QED) is 0.676. The van der Waals surface area contributed by atoms with Crippen LogP contribution in [0.5, 0.6) is 0 Å². The topological polar surface area (TPSA) is 64.1 Å². The number of H-pyrrole nitrogens is 1. The molecule has 0 saturated carbocycles. The molecule has 1 aliphatic rings. The third-order valence-corrected chi connectivity index (χ3v) is 2.32. The molecule has 2 heterocycles. The van der Waals surface area contributed by atoms with Gasteiger partial charge in [-0.25, -0.2) is 4.79 Å². The SMILES string of the molecule is Cc1cn([C@H]2C=CC(C)O2)c(=O)[nH]c1=O. The Morgan fingerprint density at radius 1 is 1.40 bits per heavy atom. The van der Waals surface area contributed by atoms with Crippen LogP contribution in [0.2, 0.25) is 0 Å². The molecule has 0 spiro atoms.